The first-order valence-electron chi connectivity index (χ1n) is 7.19. The number of nitrogens with two attached hydrogens (primary N) is 1. The number of nitrogens with zero attached hydrogens (tertiary/aromatic N) is 4. The third kappa shape index (κ3) is 3.18. The molecular weight excluding hydrogens is 338 g/mol. The highest BCUT2D eigenvalue weighted by atomic mass is 32.2. The Morgan fingerprint density at radius 3 is 2.68 bits per heavy atom. The molecule has 0 bridgehead atoms. The number of carbonyl (C=O) groups is 1. The summed E-state index contributed by atoms with van der Waals surface area (Å²) in [5.74, 6) is -0.616. The van der Waals surface area contributed by atoms with Crippen molar-refractivity contribution in [3.05, 3.63) is 60.2 Å². The number of esters is 1. The molecule has 7 nitrogen and oxygen atoms in total. The van der Waals surface area contributed by atoms with Crippen molar-refractivity contribution in [2.75, 3.05) is 12.8 Å². The van der Waals surface area contributed by atoms with Crippen molar-refractivity contribution < 1.29 is 9.53 Å². The fourth-order valence-corrected chi connectivity index (χ4v) is 3.12. The van der Waals surface area contributed by atoms with E-state index in [-0.39, 0.29) is 16.9 Å². The van der Waals surface area contributed by atoms with E-state index in [4.69, 9.17) is 10.5 Å². The van der Waals surface area contributed by atoms with E-state index in [2.05, 4.69) is 9.97 Å². The van der Waals surface area contributed by atoms with Gasteiger partial charge in [-0.25, -0.2) is 14.8 Å². The average Bonchev–Trinajstić information content (AvgIpc) is 2.98. The molecule has 0 spiro atoms. The first kappa shape index (κ1) is 16.5. The van der Waals surface area contributed by atoms with E-state index in [1.165, 1.54) is 25.1 Å². The van der Waals surface area contributed by atoms with Crippen molar-refractivity contribution in [3.63, 3.8) is 0 Å². The Bertz CT molecular complexity index is 963. The van der Waals surface area contributed by atoms with Gasteiger partial charge in [-0.05, 0) is 30.0 Å². The lowest BCUT2D eigenvalue weighted by Gasteiger charge is -2.12. The first-order valence-corrected chi connectivity index (χ1v) is 8.01. The molecule has 8 heteroatoms. The van der Waals surface area contributed by atoms with Crippen LogP contribution in [0.15, 0.2) is 59.0 Å². The molecule has 124 valence electrons. The van der Waals surface area contributed by atoms with Gasteiger partial charge in [0.2, 0.25) is 0 Å². The van der Waals surface area contributed by atoms with Crippen LogP contribution in [0.2, 0.25) is 0 Å². The third-order valence-electron chi connectivity index (χ3n) is 3.41. The van der Waals surface area contributed by atoms with Gasteiger partial charge in [0.15, 0.2) is 10.9 Å². The second kappa shape index (κ2) is 7.07. The first-order chi connectivity index (χ1) is 12.2. The molecule has 2 N–H and O–H groups in total. The van der Waals surface area contributed by atoms with Crippen LogP contribution in [-0.4, -0.2) is 27.6 Å². The molecule has 3 aromatic rings. The van der Waals surface area contributed by atoms with Crippen LogP contribution >= 0.6 is 11.8 Å². The van der Waals surface area contributed by atoms with E-state index in [0.29, 0.717) is 10.8 Å². The molecule has 2 aromatic heterocycles. The second-order valence-corrected chi connectivity index (χ2v) is 5.89. The van der Waals surface area contributed by atoms with Crippen molar-refractivity contribution in [1.82, 2.24) is 14.5 Å². The standard InChI is InChI=1S/C17H13N5O2S/c1-24-16(23)15-14(19)11(9-18)10-22(15)12-5-2-3-6-13(12)25-17-20-7-4-8-21-17/h2-8,10H,19H2,1H3. The highest BCUT2D eigenvalue weighted by molar-refractivity contribution is 7.99. The summed E-state index contributed by atoms with van der Waals surface area (Å²) in [6.07, 6.45) is 4.82. The number of carbonyl (C=O) groups excluding carboxylic acids is 1. The summed E-state index contributed by atoms with van der Waals surface area (Å²) in [7, 11) is 1.27. The van der Waals surface area contributed by atoms with Crippen molar-refractivity contribution in [3.8, 4) is 11.8 Å². The van der Waals surface area contributed by atoms with Crippen LogP contribution < -0.4 is 5.73 Å². The molecule has 0 unspecified atom stereocenters. The molecule has 0 radical (unpaired) electrons. The molecule has 0 aliphatic rings. The number of nitrogen functional groups attached to an aromatic ring is 1. The van der Waals surface area contributed by atoms with E-state index in [0.717, 1.165) is 4.90 Å². The Morgan fingerprint density at radius 1 is 1.28 bits per heavy atom. The number of aromatic nitrogens is 3. The molecule has 0 aliphatic heterocycles. The third-order valence-corrected chi connectivity index (χ3v) is 4.37. The molecule has 0 atom stereocenters. The summed E-state index contributed by atoms with van der Waals surface area (Å²) in [4.78, 5) is 21.4. The number of para-hydroxylation sites is 1. The second-order valence-electron chi connectivity index (χ2n) is 4.88. The van der Waals surface area contributed by atoms with Gasteiger partial charge in [0, 0.05) is 23.5 Å². The number of benzene rings is 1. The number of hydrogen-bond acceptors (Lipinski definition) is 7. The summed E-state index contributed by atoms with van der Waals surface area (Å²) in [5, 5.41) is 9.81. The SMILES string of the molecule is COC(=O)c1c(N)c(C#N)cn1-c1ccccc1Sc1ncccn1. The fourth-order valence-electron chi connectivity index (χ4n) is 2.28. The zero-order valence-electron chi connectivity index (χ0n) is 13.2. The Labute approximate surface area is 148 Å². The van der Waals surface area contributed by atoms with Gasteiger partial charge in [0.1, 0.15) is 6.07 Å². The number of anilines is 1. The predicted octanol–water partition coefficient (Wildman–Crippen LogP) is 2.66. The molecule has 1 aromatic carbocycles. The highest BCUT2D eigenvalue weighted by Gasteiger charge is 2.23. The van der Waals surface area contributed by atoms with Crippen molar-refractivity contribution in [2.45, 2.75) is 10.1 Å². The summed E-state index contributed by atoms with van der Waals surface area (Å²) in [5.41, 5.74) is 7.04. The molecule has 0 saturated carbocycles. The maximum Gasteiger partial charge on any atom is 0.357 e. The minimum atomic E-state index is -0.616. The number of ether oxygens (including phenoxy) is 1. The minimum Gasteiger partial charge on any atom is -0.464 e. The molecular formula is C17H13N5O2S. The van der Waals surface area contributed by atoms with Gasteiger partial charge < -0.3 is 15.0 Å². The Hall–Kier alpha value is -3.31. The van der Waals surface area contributed by atoms with Crippen molar-refractivity contribution in [2.24, 2.45) is 0 Å². The molecule has 0 amide bonds. The van der Waals surface area contributed by atoms with E-state index in [1.807, 2.05) is 30.3 Å². The molecule has 0 saturated heterocycles. The van der Waals surface area contributed by atoms with Gasteiger partial charge >= 0.3 is 5.97 Å². The van der Waals surface area contributed by atoms with Crippen molar-refractivity contribution >= 4 is 23.4 Å². The Kier molecular flexibility index (Phi) is 4.68. The summed E-state index contributed by atoms with van der Waals surface area (Å²) >= 11 is 1.34. The zero-order chi connectivity index (χ0) is 17.8. The van der Waals surface area contributed by atoms with E-state index < -0.39 is 5.97 Å². The lowest BCUT2D eigenvalue weighted by atomic mass is 10.2. The van der Waals surface area contributed by atoms with Gasteiger partial charge in [-0.3, -0.25) is 0 Å². The fraction of sp³-hybridized carbons (Fsp3) is 0.0588. The van der Waals surface area contributed by atoms with Crippen molar-refractivity contribution in [1.29, 1.82) is 5.26 Å². The van der Waals surface area contributed by atoms with Crippen LogP contribution in [0.3, 0.4) is 0 Å². The normalized spacial score (nSPS) is 10.2. The van der Waals surface area contributed by atoms with Gasteiger partial charge in [0.25, 0.3) is 0 Å². The lowest BCUT2D eigenvalue weighted by molar-refractivity contribution is 0.0593. The summed E-state index contributed by atoms with van der Waals surface area (Å²) < 4.78 is 6.38. The van der Waals surface area contributed by atoms with Gasteiger partial charge in [-0.15, -0.1) is 0 Å². The summed E-state index contributed by atoms with van der Waals surface area (Å²) in [6.45, 7) is 0. The lowest BCUT2D eigenvalue weighted by Crippen LogP contribution is -2.11. The topological polar surface area (TPSA) is 107 Å². The van der Waals surface area contributed by atoms with Crippen LogP contribution in [-0.2, 0) is 4.74 Å². The largest absolute Gasteiger partial charge is 0.464 e. The average molecular weight is 351 g/mol. The number of rotatable bonds is 4. The molecule has 2 heterocycles. The van der Waals surface area contributed by atoms with Crippen LogP contribution in [0.25, 0.3) is 5.69 Å². The molecule has 0 fully saturated rings. The smallest absolute Gasteiger partial charge is 0.357 e. The van der Waals surface area contributed by atoms with Crippen LogP contribution in [0, 0.1) is 11.3 Å². The van der Waals surface area contributed by atoms with E-state index in [9.17, 15) is 10.1 Å². The Morgan fingerprint density at radius 2 is 2.00 bits per heavy atom. The maximum atomic E-state index is 12.2. The summed E-state index contributed by atoms with van der Waals surface area (Å²) in [6, 6.07) is 11.1. The number of nitriles is 1. The van der Waals surface area contributed by atoms with Gasteiger partial charge in [-0.1, -0.05) is 12.1 Å². The van der Waals surface area contributed by atoms with Crippen LogP contribution in [0.1, 0.15) is 16.1 Å². The number of hydrogen-bond donors (Lipinski definition) is 1. The molecule has 25 heavy (non-hydrogen) atoms. The monoisotopic (exact) mass is 351 g/mol. The van der Waals surface area contributed by atoms with Gasteiger partial charge in [0.05, 0.1) is 24.0 Å². The van der Waals surface area contributed by atoms with Crippen LogP contribution in [0.5, 0.6) is 0 Å². The zero-order valence-corrected chi connectivity index (χ0v) is 14.0. The molecule has 3 rings (SSSR count). The van der Waals surface area contributed by atoms with Gasteiger partial charge in [-0.2, -0.15) is 5.26 Å². The van der Waals surface area contributed by atoms with E-state index >= 15 is 0 Å². The van der Waals surface area contributed by atoms with Crippen LogP contribution in [0.4, 0.5) is 5.69 Å². The van der Waals surface area contributed by atoms with E-state index in [1.54, 1.807) is 23.0 Å². The quantitative estimate of drug-likeness (QED) is 0.569. The highest BCUT2D eigenvalue weighted by Crippen LogP contribution is 2.33. The minimum absolute atomic E-state index is 0.0881. The molecule has 0 aliphatic carbocycles. The Balaban J connectivity index is 2.15. The maximum absolute atomic E-state index is 12.2. The predicted molar refractivity (Wildman–Crippen MR) is 92.4 cm³/mol. The number of methoxy groups -OCH3 is 1.